The normalized spacial score (nSPS) is 10.7. The first kappa shape index (κ1) is 14.3. The van der Waals surface area contributed by atoms with Gasteiger partial charge in [-0.3, -0.25) is 9.59 Å². The van der Waals surface area contributed by atoms with Gasteiger partial charge in [0, 0.05) is 30.3 Å². The molecular formula is C15H18N2O3. The third-order valence-corrected chi connectivity index (χ3v) is 3.15. The van der Waals surface area contributed by atoms with Crippen LogP contribution in [0.3, 0.4) is 0 Å². The molecule has 0 bridgehead atoms. The molecular weight excluding hydrogens is 256 g/mol. The number of amides is 1. The van der Waals surface area contributed by atoms with Gasteiger partial charge in [-0.2, -0.15) is 0 Å². The second-order valence-corrected chi connectivity index (χ2v) is 4.62. The summed E-state index contributed by atoms with van der Waals surface area (Å²) in [6.45, 7) is 0.670. The summed E-state index contributed by atoms with van der Waals surface area (Å²) in [6, 6.07) is 7.10. The number of carbonyl (C=O) groups excluding carboxylic acids is 1. The molecule has 5 nitrogen and oxygen atoms in total. The van der Waals surface area contributed by atoms with E-state index in [9.17, 15) is 9.59 Å². The van der Waals surface area contributed by atoms with Crippen LogP contribution in [0.25, 0.3) is 10.9 Å². The molecule has 1 heterocycles. The van der Waals surface area contributed by atoms with Crippen LogP contribution in [-0.4, -0.2) is 29.1 Å². The Labute approximate surface area is 116 Å². The number of hydrogen-bond donors (Lipinski definition) is 3. The molecule has 3 N–H and O–H groups in total. The zero-order valence-electron chi connectivity index (χ0n) is 11.2. The third kappa shape index (κ3) is 3.24. The monoisotopic (exact) mass is 274 g/mol. The van der Waals surface area contributed by atoms with Gasteiger partial charge in [-0.25, -0.2) is 0 Å². The minimum absolute atomic E-state index is 0.130. The Balaban J connectivity index is 2.07. The third-order valence-electron chi connectivity index (χ3n) is 3.15. The summed E-state index contributed by atoms with van der Waals surface area (Å²) >= 11 is 0. The number of hydrogen-bond acceptors (Lipinski definition) is 3. The Hall–Kier alpha value is -2.14. The number of rotatable bonds is 6. The van der Waals surface area contributed by atoms with E-state index in [1.807, 2.05) is 6.07 Å². The predicted molar refractivity (Wildman–Crippen MR) is 77.8 cm³/mol. The van der Waals surface area contributed by atoms with Crippen LogP contribution in [0.1, 0.15) is 29.6 Å². The van der Waals surface area contributed by atoms with E-state index >= 15 is 0 Å². The van der Waals surface area contributed by atoms with Gasteiger partial charge in [-0.15, -0.1) is 0 Å². The largest absolute Gasteiger partial charge is 0.396 e. The first-order valence-corrected chi connectivity index (χ1v) is 6.73. The van der Waals surface area contributed by atoms with Gasteiger partial charge in [0.2, 0.25) is 5.43 Å². The molecule has 106 valence electrons. The average molecular weight is 274 g/mol. The Morgan fingerprint density at radius 2 is 2.00 bits per heavy atom. The maximum atomic E-state index is 12.2. The lowest BCUT2D eigenvalue weighted by molar-refractivity contribution is 0.0951. The minimum atomic E-state index is -0.360. The van der Waals surface area contributed by atoms with Crippen LogP contribution in [0.5, 0.6) is 0 Å². The van der Waals surface area contributed by atoms with Crippen molar-refractivity contribution in [3.8, 4) is 0 Å². The number of para-hydroxylation sites is 1. The summed E-state index contributed by atoms with van der Waals surface area (Å²) in [5.74, 6) is -0.360. The van der Waals surface area contributed by atoms with Crippen LogP contribution >= 0.6 is 0 Å². The van der Waals surface area contributed by atoms with E-state index in [0.717, 1.165) is 24.8 Å². The molecule has 0 aliphatic heterocycles. The van der Waals surface area contributed by atoms with Gasteiger partial charge in [-0.05, 0) is 31.4 Å². The summed E-state index contributed by atoms with van der Waals surface area (Å²) < 4.78 is 0. The summed E-state index contributed by atoms with van der Waals surface area (Å²) in [7, 11) is 0. The van der Waals surface area contributed by atoms with Gasteiger partial charge in [-0.1, -0.05) is 12.1 Å². The smallest absolute Gasteiger partial charge is 0.256 e. The summed E-state index contributed by atoms with van der Waals surface area (Å²) in [5, 5.41) is 11.9. The number of aliphatic hydroxyl groups is 1. The average Bonchev–Trinajstić information content (AvgIpc) is 2.47. The van der Waals surface area contributed by atoms with Crippen LogP contribution in [0.4, 0.5) is 0 Å². The fraction of sp³-hybridized carbons (Fsp3) is 0.333. The highest BCUT2D eigenvalue weighted by Crippen LogP contribution is 2.06. The van der Waals surface area contributed by atoms with Crippen molar-refractivity contribution < 1.29 is 9.90 Å². The second-order valence-electron chi connectivity index (χ2n) is 4.62. The van der Waals surface area contributed by atoms with Gasteiger partial charge in [0.25, 0.3) is 5.91 Å². The molecule has 0 aliphatic rings. The number of aromatic amines is 1. The maximum Gasteiger partial charge on any atom is 0.256 e. The zero-order valence-corrected chi connectivity index (χ0v) is 11.2. The summed E-state index contributed by atoms with van der Waals surface area (Å²) in [4.78, 5) is 27.1. The number of aromatic nitrogens is 1. The van der Waals surface area contributed by atoms with Crippen LogP contribution in [0.15, 0.2) is 35.3 Å². The molecule has 0 saturated carbocycles. The Bertz CT molecular complexity index is 649. The lowest BCUT2D eigenvalue weighted by atomic mass is 10.1. The molecule has 2 rings (SSSR count). The van der Waals surface area contributed by atoms with E-state index < -0.39 is 0 Å². The molecule has 1 aromatic carbocycles. The number of H-pyrrole nitrogens is 1. The van der Waals surface area contributed by atoms with Crippen molar-refractivity contribution in [2.45, 2.75) is 19.3 Å². The Morgan fingerprint density at radius 3 is 2.80 bits per heavy atom. The number of pyridine rings is 1. The Kier molecular flexibility index (Phi) is 4.90. The molecule has 0 saturated heterocycles. The van der Waals surface area contributed by atoms with Crippen molar-refractivity contribution in [1.82, 2.24) is 10.3 Å². The molecule has 1 amide bonds. The number of nitrogens with one attached hydrogen (secondary N) is 2. The highest BCUT2D eigenvalue weighted by atomic mass is 16.2. The minimum Gasteiger partial charge on any atom is -0.396 e. The lowest BCUT2D eigenvalue weighted by Crippen LogP contribution is -2.29. The number of carbonyl (C=O) groups is 1. The standard InChI is InChI=1S/C15H18N2O3/c18-9-5-1-4-8-16-15(20)12-10-17-13-7-3-2-6-11(13)14(12)19/h2-3,6-7,10,18H,1,4-5,8-9H2,(H,16,20)(H,17,19). The second kappa shape index (κ2) is 6.86. The molecule has 0 unspecified atom stereocenters. The van der Waals surface area contributed by atoms with Gasteiger partial charge in [0.05, 0.1) is 0 Å². The van der Waals surface area contributed by atoms with Crippen molar-refractivity contribution in [2.75, 3.05) is 13.2 Å². The van der Waals surface area contributed by atoms with E-state index in [2.05, 4.69) is 10.3 Å². The van der Waals surface area contributed by atoms with Crippen LogP contribution in [0.2, 0.25) is 0 Å². The van der Waals surface area contributed by atoms with Gasteiger partial charge >= 0.3 is 0 Å². The van der Waals surface area contributed by atoms with Crippen molar-refractivity contribution in [3.63, 3.8) is 0 Å². The number of benzene rings is 1. The van der Waals surface area contributed by atoms with Gasteiger partial charge in [0.15, 0.2) is 0 Å². The molecule has 0 spiro atoms. The van der Waals surface area contributed by atoms with Crippen LogP contribution in [-0.2, 0) is 0 Å². The quantitative estimate of drug-likeness (QED) is 0.697. The first-order chi connectivity index (χ1) is 9.74. The zero-order chi connectivity index (χ0) is 14.4. The fourth-order valence-electron chi connectivity index (χ4n) is 2.05. The molecule has 0 aliphatic carbocycles. The number of fused-ring (bicyclic) bond motifs is 1. The molecule has 5 heteroatoms. The molecule has 0 atom stereocenters. The molecule has 0 radical (unpaired) electrons. The summed E-state index contributed by atoms with van der Waals surface area (Å²) in [5.41, 5.74) is 0.593. The van der Waals surface area contributed by atoms with Gasteiger partial charge < -0.3 is 15.4 Å². The topological polar surface area (TPSA) is 82.2 Å². The van der Waals surface area contributed by atoms with Crippen molar-refractivity contribution >= 4 is 16.8 Å². The van der Waals surface area contributed by atoms with E-state index in [0.29, 0.717) is 11.9 Å². The molecule has 2 aromatic rings. The SMILES string of the molecule is O=C(NCCCCCO)c1c[nH]c2ccccc2c1=O. The van der Waals surface area contributed by atoms with E-state index in [1.165, 1.54) is 6.20 Å². The van der Waals surface area contributed by atoms with E-state index in [4.69, 9.17) is 5.11 Å². The highest BCUT2D eigenvalue weighted by Gasteiger charge is 2.11. The van der Waals surface area contributed by atoms with E-state index in [1.54, 1.807) is 18.2 Å². The summed E-state index contributed by atoms with van der Waals surface area (Å²) in [6.07, 6.45) is 3.82. The Morgan fingerprint density at radius 1 is 1.20 bits per heavy atom. The molecule has 0 fully saturated rings. The molecule has 20 heavy (non-hydrogen) atoms. The van der Waals surface area contributed by atoms with Crippen molar-refractivity contribution in [2.24, 2.45) is 0 Å². The highest BCUT2D eigenvalue weighted by molar-refractivity contribution is 5.97. The van der Waals surface area contributed by atoms with Gasteiger partial charge in [0.1, 0.15) is 5.56 Å². The number of aliphatic hydroxyl groups excluding tert-OH is 1. The fourth-order valence-corrected chi connectivity index (χ4v) is 2.05. The van der Waals surface area contributed by atoms with E-state index in [-0.39, 0.29) is 23.5 Å². The number of unbranched alkanes of at least 4 members (excludes halogenated alkanes) is 2. The van der Waals surface area contributed by atoms with Crippen molar-refractivity contribution in [3.05, 3.63) is 46.2 Å². The first-order valence-electron chi connectivity index (χ1n) is 6.73. The van der Waals surface area contributed by atoms with Crippen LogP contribution < -0.4 is 10.7 Å². The van der Waals surface area contributed by atoms with Crippen molar-refractivity contribution in [1.29, 1.82) is 0 Å². The molecule has 1 aromatic heterocycles. The predicted octanol–water partition coefficient (Wildman–Crippen LogP) is 1.42. The lowest BCUT2D eigenvalue weighted by Gasteiger charge is -2.05. The maximum absolute atomic E-state index is 12.2. The van der Waals surface area contributed by atoms with Crippen LogP contribution in [0, 0.1) is 0 Å².